The maximum absolute atomic E-state index is 13.5. The first-order valence-electron chi connectivity index (χ1n) is 11.4. The number of hydrogen-bond acceptors (Lipinski definition) is 4. The molecule has 1 unspecified atom stereocenters. The van der Waals surface area contributed by atoms with Gasteiger partial charge in [0, 0.05) is 12.6 Å². The summed E-state index contributed by atoms with van der Waals surface area (Å²) in [5.41, 5.74) is 0.375. The molecular weight excluding hydrogens is 495 g/mol. The zero-order valence-corrected chi connectivity index (χ0v) is 21.8. The van der Waals surface area contributed by atoms with E-state index in [2.05, 4.69) is 5.32 Å². The van der Waals surface area contributed by atoms with E-state index in [9.17, 15) is 31.2 Å². The molecule has 0 bridgehead atoms. The number of benzene rings is 2. The maximum atomic E-state index is 13.5. The number of rotatable bonds is 10. The summed E-state index contributed by atoms with van der Waals surface area (Å²) in [7, 11) is -4.14. The standard InChI is InChI=1S/C25H32F3N3O4S/c1-6-22(24(33)29-17(2)3)30(15-19-12-10-18(4)11-13-19)23(32)16-31(36(5,34)35)21-9-7-8-20(14-21)25(26,27)28/h7-14,17,22H,6,15-16H2,1-5H3,(H,29,33). The van der Waals surface area contributed by atoms with Gasteiger partial charge in [-0.2, -0.15) is 13.2 Å². The Morgan fingerprint density at radius 3 is 2.17 bits per heavy atom. The van der Waals surface area contributed by atoms with Gasteiger partial charge in [0.15, 0.2) is 0 Å². The first-order chi connectivity index (χ1) is 16.6. The second-order valence-corrected chi connectivity index (χ2v) is 10.8. The Labute approximate surface area is 210 Å². The van der Waals surface area contributed by atoms with Crippen molar-refractivity contribution in [3.8, 4) is 0 Å². The number of anilines is 1. The van der Waals surface area contributed by atoms with Crippen LogP contribution in [0.1, 0.15) is 43.9 Å². The third kappa shape index (κ3) is 7.97. The lowest BCUT2D eigenvalue weighted by molar-refractivity contribution is -0.140. The molecule has 0 aliphatic carbocycles. The van der Waals surface area contributed by atoms with Gasteiger partial charge in [-0.3, -0.25) is 13.9 Å². The van der Waals surface area contributed by atoms with E-state index < -0.39 is 46.2 Å². The third-order valence-electron chi connectivity index (χ3n) is 5.43. The number of carbonyl (C=O) groups excluding carboxylic acids is 2. The molecular formula is C25H32F3N3O4S. The van der Waals surface area contributed by atoms with Gasteiger partial charge in [-0.15, -0.1) is 0 Å². The molecule has 198 valence electrons. The smallest absolute Gasteiger partial charge is 0.352 e. The molecule has 2 rings (SSSR count). The van der Waals surface area contributed by atoms with E-state index in [4.69, 9.17) is 0 Å². The molecule has 0 radical (unpaired) electrons. The van der Waals surface area contributed by atoms with Crippen molar-refractivity contribution in [2.45, 2.75) is 58.9 Å². The molecule has 11 heteroatoms. The largest absolute Gasteiger partial charge is 0.416 e. The summed E-state index contributed by atoms with van der Waals surface area (Å²) >= 11 is 0. The number of nitrogens with one attached hydrogen (secondary N) is 1. The van der Waals surface area contributed by atoms with Gasteiger partial charge in [-0.05, 0) is 51.0 Å². The Bertz CT molecular complexity index is 1170. The highest BCUT2D eigenvalue weighted by atomic mass is 32.2. The highest BCUT2D eigenvalue weighted by Crippen LogP contribution is 2.32. The number of amides is 2. The third-order valence-corrected chi connectivity index (χ3v) is 6.57. The van der Waals surface area contributed by atoms with Crippen molar-refractivity contribution in [1.82, 2.24) is 10.2 Å². The van der Waals surface area contributed by atoms with E-state index in [1.165, 1.54) is 11.0 Å². The average molecular weight is 528 g/mol. The summed E-state index contributed by atoms with van der Waals surface area (Å²) in [5.74, 6) is -1.12. The molecule has 0 aliphatic heterocycles. The summed E-state index contributed by atoms with van der Waals surface area (Å²) in [6.07, 6.45) is -3.63. The number of aryl methyl sites for hydroxylation is 1. The molecule has 1 N–H and O–H groups in total. The van der Waals surface area contributed by atoms with Crippen LogP contribution >= 0.6 is 0 Å². The fourth-order valence-corrected chi connectivity index (χ4v) is 4.48. The molecule has 0 aliphatic rings. The van der Waals surface area contributed by atoms with Crippen molar-refractivity contribution >= 4 is 27.5 Å². The fourth-order valence-electron chi connectivity index (χ4n) is 3.64. The summed E-state index contributed by atoms with van der Waals surface area (Å²) in [6, 6.07) is 9.95. The van der Waals surface area contributed by atoms with Crippen LogP contribution < -0.4 is 9.62 Å². The van der Waals surface area contributed by atoms with Gasteiger partial charge < -0.3 is 10.2 Å². The Balaban J connectivity index is 2.48. The lowest BCUT2D eigenvalue weighted by Crippen LogP contribution is -2.53. The van der Waals surface area contributed by atoms with Gasteiger partial charge in [0.1, 0.15) is 12.6 Å². The normalized spacial score (nSPS) is 12.8. The van der Waals surface area contributed by atoms with Crippen LogP contribution in [0.15, 0.2) is 48.5 Å². The molecule has 1 atom stereocenters. The number of nitrogens with zero attached hydrogens (tertiary/aromatic N) is 2. The quantitative estimate of drug-likeness (QED) is 0.504. The molecule has 0 heterocycles. The lowest BCUT2D eigenvalue weighted by atomic mass is 10.1. The van der Waals surface area contributed by atoms with Crippen LogP contribution in [-0.2, 0) is 32.3 Å². The molecule has 2 aromatic carbocycles. The number of carbonyl (C=O) groups is 2. The number of sulfonamides is 1. The van der Waals surface area contributed by atoms with Gasteiger partial charge in [-0.25, -0.2) is 8.42 Å². The van der Waals surface area contributed by atoms with Crippen LogP contribution in [-0.4, -0.2) is 50.0 Å². The van der Waals surface area contributed by atoms with Crippen molar-refractivity contribution in [3.05, 3.63) is 65.2 Å². The second-order valence-electron chi connectivity index (χ2n) is 8.91. The molecule has 36 heavy (non-hydrogen) atoms. The van der Waals surface area contributed by atoms with Crippen LogP contribution in [0, 0.1) is 6.92 Å². The molecule has 0 spiro atoms. The Kier molecular flexibility index (Phi) is 9.53. The van der Waals surface area contributed by atoms with Crippen LogP contribution in [0.3, 0.4) is 0 Å². The number of hydrogen-bond donors (Lipinski definition) is 1. The Morgan fingerprint density at radius 1 is 1.06 bits per heavy atom. The first kappa shape index (κ1) is 29.2. The zero-order chi connectivity index (χ0) is 27.3. The average Bonchev–Trinajstić information content (AvgIpc) is 2.76. The van der Waals surface area contributed by atoms with Crippen molar-refractivity contribution < 1.29 is 31.2 Å². The van der Waals surface area contributed by atoms with Crippen LogP contribution in [0.5, 0.6) is 0 Å². The number of alkyl halides is 3. The van der Waals surface area contributed by atoms with E-state index in [-0.39, 0.29) is 24.7 Å². The molecule has 0 fully saturated rings. The second kappa shape index (κ2) is 11.8. The molecule has 2 aromatic rings. The topological polar surface area (TPSA) is 86.8 Å². The molecule has 7 nitrogen and oxygen atoms in total. The van der Waals surface area contributed by atoms with E-state index in [1.807, 2.05) is 19.1 Å². The molecule has 0 saturated heterocycles. The summed E-state index contributed by atoms with van der Waals surface area (Å²) in [4.78, 5) is 27.7. The van der Waals surface area contributed by atoms with E-state index >= 15 is 0 Å². The lowest BCUT2D eigenvalue weighted by Gasteiger charge is -2.33. The van der Waals surface area contributed by atoms with Crippen LogP contribution in [0.2, 0.25) is 0 Å². The van der Waals surface area contributed by atoms with Gasteiger partial charge in [0.25, 0.3) is 0 Å². The van der Waals surface area contributed by atoms with Gasteiger partial charge >= 0.3 is 6.18 Å². The van der Waals surface area contributed by atoms with Crippen molar-refractivity contribution in [3.63, 3.8) is 0 Å². The van der Waals surface area contributed by atoms with Crippen molar-refractivity contribution in [2.24, 2.45) is 0 Å². The first-order valence-corrected chi connectivity index (χ1v) is 13.3. The molecule has 2 amide bonds. The van der Waals surface area contributed by atoms with Crippen LogP contribution in [0.25, 0.3) is 0 Å². The molecule has 0 saturated carbocycles. The number of halogens is 3. The van der Waals surface area contributed by atoms with Gasteiger partial charge in [0.05, 0.1) is 17.5 Å². The van der Waals surface area contributed by atoms with Gasteiger partial charge in [-0.1, -0.05) is 42.8 Å². The monoisotopic (exact) mass is 527 g/mol. The minimum atomic E-state index is -4.69. The van der Waals surface area contributed by atoms with Crippen molar-refractivity contribution in [2.75, 3.05) is 17.1 Å². The van der Waals surface area contributed by atoms with Gasteiger partial charge in [0.2, 0.25) is 21.8 Å². The molecule has 0 aromatic heterocycles. The van der Waals surface area contributed by atoms with Crippen molar-refractivity contribution in [1.29, 1.82) is 0 Å². The Morgan fingerprint density at radius 2 is 1.67 bits per heavy atom. The summed E-state index contributed by atoms with van der Waals surface area (Å²) in [6.45, 7) is 6.42. The van der Waals surface area contributed by atoms with E-state index in [1.54, 1.807) is 32.9 Å². The van der Waals surface area contributed by atoms with E-state index in [0.29, 0.717) is 10.4 Å². The summed E-state index contributed by atoms with van der Waals surface area (Å²) in [5, 5.41) is 2.77. The highest BCUT2D eigenvalue weighted by molar-refractivity contribution is 7.92. The minimum Gasteiger partial charge on any atom is -0.352 e. The highest BCUT2D eigenvalue weighted by Gasteiger charge is 2.34. The predicted molar refractivity (Wildman–Crippen MR) is 133 cm³/mol. The Hall–Kier alpha value is -3.08. The minimum absolute atomic E-state index is 0.0172. The zero-order valence-electron chi connectivity index (χ0n) is 21.0. The van der Waals surface area contributed by atoms with E-state index in [0.717, 1.165) is 29.5 Å². The van der Waals surface area contributed by atoms with Crippen LogP contribution in [0.4, 0.5) is 18.9 Å². The predicted octanol–water partition coefficient (Wildman–Crippen LogP) is 4.11. The maximum Gasteiger partial charge on any atom is 0.416 e. The SMILES string of the molecule is CCC(C(=O)NC(C)C)N(Cc1ccc(C)cc1)C(=O)CN(c1cccc(C(F)(F)F)c1)S(C)(=O)=O. The fraction of sp³-hybridized carbons (Fsp3) is 0.440. The summed E-state index contributed by atoms with van der Waals surface area (Å²) < 4.78 is 65.5.